The number of carbonyl (C=O) groups is 2. The van der Waals surface area contributed by atoms with Crippen LogP contribution in [0.2, 0.25) is 0 Å². The van der Waals surface area contributed by atoms with Crippen molar-refractivity contribution in [2.75, 3.05) is 13.1 Å². The average Bonchev–Trinajstić information content (AvgIpc) is 2.57. The van der Waals surface area contributed by atoms with E-state index in [9.17, 15) is 9.59 Å². The Hall–Kier alpha value is -1.10. The summed E-state index contributed by atoms with van der Waals surface area (Å²) in [6.07, 6.45) is 1.73. The molecule has 13 heavy (non-hydrogen) atoms. The Labute approximate surface area is 76.4 Å². The molecule has 2 aliphatic heterocycles. The highest BCUT2D eigenvalue weighted by molar-refractivity contribution is 5.88. The minimum atomic E-state index is -0.493. The first-order valence-electron chi connectivity index (χ1n) is 4.57. The highest BCUT2D eigenvalue weighted by Crippen LogP contribution is 2.18. The lowest BCUT2D eigenvalue weighted by atomic mass is 10.1. The quantitative estimate of drug-likeness (QED) is 0.528. The van der Waals surface area contributed by atoms with Crippen molar-refractivity contribution < 1.29 is 9.59 Å². The maximum absolute atomic E-state index is 11.6. The molecule has 5 heteroatoms. The number of hydrazine groups is 1. The van der Waals surface area contributed by atoms with Gasteiger partial charge < -0.3 is 5.73 Å². The molecule has 0 aromatic heterocycles. The van der Waals surface area contributed by atoms with Crippen LogP contribution >= 0.6 is 0 Å². The van der Waals surface area contributed by atoms with Gasteiger partial charge in [-0.05, 0) is 12.8 Å². The minimum Gasteiger partial charge on any atom is -0.320 e. The van der Waals surface area contributed by atoms with Crippen molar-refractivity contribution in [1.82, 2.24) is 10.0 Å². The van der Waals surface area contributed by atoms with Gasteiger partial charge in [0.1, 0.15) is 0 Å². The molecule has 0 radical (unpaired) electrons. The summed E-state index contributed by atoms with van der Waals surface area (Å²) in [5.41, 5.74) is 5.63. The van der Waals surface area contributed by atoms with Gasteiger partial charge in [0, 0.05) is 19.5 Å². The number of rotatable bonds is 0. The summed E-state index contributed by atoms with van der Waals surface area (Å²) in [4.78, 5) is 23.0. The molecule has 2 N–H and O–H groups in total. The molecule has 0 aromatic rings. The van der Waals surface area contributed by atoms with E-state index >= 15 is 0 Å². The van der Waals surface area contributed by atoms with Crippen molar-refractivity contribution in [3.8, 4) is 0 Å². The highest BCUT2D eigenvalue weighted by Gasteiger charge is 2.36. The number of carbonyl (C=O) groups excluding carboxylic acids is 2. The van der Waals surface area contributed by atoms with Crippen LogP contribution in [0.3, 0.4) is 0 Å². The van der Waals surface area contributed by atoms with Crippen molar-refractivity contribution in [2.24, 2.45) is 5.73 Å². The second-order valence-corrected chi connectivity index (χ2v) is 3.48. The molecule has 0 unspecified atom stereocenters. The maximum Gasteiger partial charge on any atom is 0.258 e. The summed E-state index contributed by atoms with van der Waals surface area (Å²) < 4.78 is 0. The fourth-order valence-electron chi connectivity index (χ4n) is 1.82. The normalized spacial score (nSPS) is 29.2. The van der Waals surface area contributed by atoms with E-state index < -0.39 is 6.04 Å². The van der Waals surface area contributed by atoms with Crippen molar-refractivity contribution in [2.45, 2.75) is 25.3 Å². The molecule has 2 amide bonds. The third kappa shape index (κ3) is 1.29. The van der Waals surface area contributed by atoms with Gasteiger partial charge in [-0.1, -0.05) is 0 Å². The molecule has 0 aliphatic carbocycles. The van der Waals surface area contributed by atoms with Gasteiger partial charge in [-0.3, -0.25) is 19.6 Å². The lowest BCUT2D eigenvalue weighted by Gasteiger charge is -2.26. The third-order valence-electron chi connectivity index (χ3n) is 2.56. The summed E-state index contributed by atoms with van der Waals surface area (Å²) in [5.74, 6) is -0.0813. The first kappa shape index (κ1) is 8.50. The number of nitrogens with two attached hydrogens (primary N) is 1. The fourth-order valence-corrected chi connectivity index (χ4v) is 1.82. The molecule has 0 spiro atoms. The fraction of sp³-hybridized carbons (Fsp3) is 0.750. The molecule has 2 heterocycles. The van der Waals surface area contributed by atoms with Crippen LogP contribution in [0.25, 0.3) is 0 Å². The summed E-state index contributed by atoms with van der Waals surface area (Å²) in [6, 6.07) is -0.493. The molecular formula is C8H13N3O2. The molecule has 0 saturated carbocycles. The summed E-state index contributed by atoms with van der Waals surface area (Å²) in [6.45, 7) is 1.30. The first-order chi connectivity index (χ1) is 6.20. The lowest BCUT2D eigenvalue weighted by Crippen LogP contribution is -2.47. The average molecular weight is 183 g/mol. The van der Waals surface area contributed by atoms with E-state index in [1.165, 1.54) is 10.0 Å². The molecule has 2 aliphatic rings. The molecule has 2 rings (SSSR count). The maximum atomic E-state index is 11.6. The summed E-state index contributed by atoms with van der Waals surface area (Å²) >= 11 is 0. The number of hydrogen-bond acceptors (Lipinski definition) is 3. The number of fused-ring (bicyclic) bond motifs is 1. The Balaban J connectivity index is 2.24. The van der Waals surface area contributed by atoms with Crippen LogP contribution in [0.4, 0.5) is 0 Å². The molecule has 0 aromatic carbocycles. The Morgan fingerprint density at radius 3 is 2.69 bits per heavy atom. The second-order valence-electron chi connectivity index (χ2n) is 3.48. The zero-order valence-electron chi connectivity index (χ0n) is 7.40. The van der Waals surface area contributed by atoms with Gasteiger partial charge >= 0.3 is 0 Å². The summed E-state index contributed by atoms with van der Waals surface area (Å²) in [5, 5.41) is 3.04. The van der Waals surface area contributed by atoms with Gasteiger partial charge in [-0.2, -0.15) is 0 Å². The van der Waals surface area contributed by atoms with Crippen LogP contribution < -0.4 is 5.73 Å². The van der Waals surface area contributed by atoms with E-state index in [-0.39, 0.29) is 11.8 Å². The zero-order chi connectivity index (χ0) is 9.42. The molecular weight excluding hydrogens is 170 g/mol. The van der Waals surface area contributed by atoms with Crippen LogP contribution in [0.5, 0.6) is 0 Å². The Morgan fingerprint density at radius 2 is 1.92 bits per heavy atom. The van der Waals surface area contributed by atoms with Gasteiger partial charge in [0.2, 0.25) is 5.91 Å². The van der Waals surface area contributed by atoms with E-state index in [2.05, 4.69) is 0 Å². The van der Waals surface area contributed by atoms with Crippen molar-refractivity contribution in [1.29, 1.82) is 0 Å². The predicted molar refractivity (Wildman–Crippen MR) is 45.3 cm³/mol. The molecule has 2 fully saturated rings. The van der Waals surface area contributed by atoms with Crippen molar-refractivity contribution in [3.63, 3.8) is 0 Å². The number of amides is 2. The standard InChI is InChI=1S/C8H13N3O2/c9-6-2-3-7(12)10-4-1-5-11(10)8(6)13/h6H,1-5,9H2/t6-/m0/s1. The molecule has 2 saturated heterocycles. The second kappa shape index (κ2) is 2.99. The van der Waals surface area contributed by atoms with Crippen LogP contribution in [0.1, 0.15) is 19.3 Å². The van der Waals surface area contributed by atoms with Crippen molar-refractivity contribution >= 4 is 11.8 Å². The Morgan fingerprint density at radius 1 is 1.23 bits per heavy atom. The number of hydrogen-bond donors (Lipinski definition) is 1. The van der Waals surface area contributed by atoms with E-state index in [1.807, 2.05) is 0 Å². The Bertz CT molecular complexity index is 254. The van der Waals surface area contributed by atoms with Crippen LogP contribution in [-0.2, 0) is 9.59 Å². The van der Waals surface area contributed by atoms with Gasteiger partial charge in [0.25, 0.3) is 5.91 Å². The highest BCUT2D eigenvalue weighted by atomic mass is 16.2. The van der Waals surface area contributed by atoms with Crippen molar-refractivity contribution in [3.05, 3.63) is 0 Å². The topological polar surface area (TPSA) is 66.6 Å². The first-order valence-corrected chi connectivity index (χ1v) is 4.57. The Kier molecular flexibility index (Phi) is 1.95. The monoisotopic (exact) mass is 183 g/mol. The van der Waals surface area contributed by atoms with E-state index in [1.54, 1.807) is 0 Å². The van der Waals surface area contributed by atoms with Crippen LogP contribution in [0.15, 0.2) is 0 Å². The SMILES string of the molecule is N[C@H]1CCC(=O)N2CCCN2C1=O. The van der Waals surface area contributed by atoms with E-state index in [4.69, 9.17) is 5.73 Å². The summed E-state index contributed by atoms with van der Waals surface area (Å²) in [7, 11) is 0. The van der Waals surface area contributed by atoms with E-state index in [0.717, 1.165) is 6.42 Å². The van der Waals surface area contributed by atoms with Gasteiger partial charge in [0.15, 0.2) is 0 Å². The predicted octanol–water partition coefficient (Wildman–Crippen LogP) is -0.917. The largest absolute Gasteiger partial charge is 0.320 e. The molecule has 72 valence electrons. The molecule has 0 bridgehead atoms. The molecule has 5 nitrogen and oxygen atoms in total. The smallest absolute Gasteiger partial charge is 0.258 e. The van der Waals surface area contributed by atoms with Gasteiger partial charge in [-0.25, -0.2) is 0 Å². The van der Waals surface area contributed by atoms with Gasteiger partial charge in [-0.15, -0.1) is 0 Å². The lowest BCUT2D eigenvalue weighted by molar-refractivity contribution is -0.155. The number of nitrogens with zero attached hydrogens (tertiary/aromatic N) is 2. The zero-order valence-corrected chi connectivity index (χ0v) is 7.40. The third-order valence-corrected chi connectivity index (χ3v) is 2.56. The van der Waals surface area contributed by atoms with E-state index in [0.29, 0.717) is 25.9 Å². The minimum absolute atomic E-state index is 0.0267. The van der Waals surface area contributed by atoms with Gasteiger partial charge in [0.05, 0.1) is 6.04 Å². The molecule has 1 atom stereocenters. The van der Waals surface area contributed by atoms with Crippen LogP contribution in [-0.4, -0.2) is 41.0 Å². The van der Waals surface area contributed by atoms with Crippen LogP contribution in [0, 0.1) is 0 Å².